The van der Waals surface area contributed by atoms with Crippen molar-refractivity contribution in [3.8, 4) is 6.07 Å². The molecule has 0 saturated carbocycles. The van der Waals surface area contributed by atoms with Gasteiger partial charge in [0.15, 0.2) is 0 Å². The van der Waals surface area contributed by atoms with E-state index in [-0.39, 0.29) is 30.0 Å². The number of likely N-dealkylation sites (N-methyl/N-ethyl adjacent to an activating group) is 1. The number of amides is 1. The van der Waals surface area contributed by atoms with Gasteiger partial charge in [0.2, 0.25) is 0 Å². The summed E-state index contributed by atoms with van der Waals surface area (Å²) < 4.78 is 1.99. The van der Waals surface area contributed by atoms with Crippen molar-refractivity contribution in [1.29, 1.82) is 5.26 Å². The molecule has 0 spiro atoms. The van der Waals surface area contributed by atoms with Crippen LogP contribution in [-0.2, 0) is 16.1 Å². The Morgan fingerprint density at radius 1 is 1.20 bits per heavy atom. The lowest BCUT2D eigenvalue weighted by atomic mass is 10.0. The Labute approximate surface area is 215 Å². The van der Waals surface area contributed by atoms with Crippen molar-refractivity contribution >= 4 is 52.1 Å². The Bertz CT molecular complexity index is 1150. The first-order valence-electron chi connectivity index (χ1n) is 11.8. The minimum atomic E-state index is -1.01. The molecule has 35 heavy (non-hydrogen) atoms. The Hall–Kier alpha value is -2.68. The van der Waals surface area contributed by atoms with Gasteiger partial charge in [0.1, 0.15) is 21.8 Å². The van der Waals surface area contributed by atoms with Gasteiger partial charge in [0.05, 0.1) is 11.3 Å². The lowest BCUT2D eigenvalue weighted by Gasteiger charge is -2.37. The number of anilines is 1. The minimum absolute atomic E-state index is 0.00159. The van der Waals surface area contributed by atoms with Crippen LogP contribution in [0.4, 0.5) is 5.82 Å². The molecule has 0 bridgehead atoms. The Balaban J connectivity index is 2.15. The van der Waals surface area contributed by atoms with Gasteiger partial charge in [0, 0.05) is 44.8 Å². The smallest absolute Gasteiger partial charge is 0.305 e. The number of carboxylic acids is 1. The molecule has 188 valence electrons. The summed E-state index contributed by atoms with van der Waals surface area (Å²) >= 11 is 6.46. The molecule has 3 rings (SSSR count). The van der Waals surface area contributed by atoms with Gasteiger partial charge in [-0.15, -0.1) is 0 Å². The third-order valence-electron chi connectivity index (χ3n) is 6.40. The molecule has 2 saturated heterocycles. The predicted molar refractivity (Wildman–Crippen MR) is 142 cm³/mol. The second-order valence-electron chi connectivity index (χ2n) is 8.56. The van der Waals surface area contributed by atoms with Gasteiger partial charge in [-0.1, -0.05) is 44.2 Å². The fraction of sp³-hybridized carbons (Fsp3) is 0.542. The van der Waals surface area contributed by atoms with Crippen LogP contribution in [0.3, 0.4) is 0 Å². The minimum Gasteiger partial charge on any atom is -0.481 e. The topological polar surface area (TPSA) is 110 Å². The van der Waals surface area contributed by atoms with Crippen LogP contribution in [0, 0.1) is 18.3 Å². The largest absolute Gasteiger partial charge is 0.481 e. The van der Waals surface area contributed by atoms with Crippen LogP contribution < -0.4 is 10.5 Å². The Morgan fingerprint density at radius 2 is 1.89 bits per heavy atom. The number of nitrogens with zero attached hydrogens (tertiary/aromatic N) is 5. The summed E-state index contributed by atoms with van der Waals surface area (Å²) in [6.45, 7) is 10.5. The van der Waals surface area contributed by atoms with Gasteiger partial charge in [-0.2, -0.15) is 5.26 Å². The van der Waals surface area contributed by atoms with Gasteiger partial charge in [-0.25, -0.2) is 0 Å². The second-order valence-corrected chi connectivity index (χ2v) is 10.2. The maximum atomic E-state index is 13.3. The molecular formula is C24H31N5O4S2. The van der Waals surface area contributed by atoms with Crippen molar-refractivity contribution in [2.24, 2.45) is 0 Å². The average molecular weight is 518 g/mol. The maximum Gasteiger partial charge on any atom is 0.305 e. The first kappa shape index (κ1) is 26.9. The van der Waals surface area contributed by atoms with Gasteiger partial charge in [-0.3, -0.25) is 23.9 Å². The van der Waals surface area contributed by atoms with Crippen molar-refractivity contribution < 1.29 is 14.7 Å². The summed E-state index contributed by atoms with van der Waals surface area (Å²) in [4.78, 5) is 43.6. The quantitative estimate of drug-likeness (QED) is 0.390. The molecule has 0 aromatic carbocycles. The molecule has 0 unspecified atom stereocenters. The molecule has 11 heteroatoms. The van der Waals surface area contributed by atoms with Gasteiger partial charge < -0.3 is 14.9 Å². The number of aromatic nitrogens is 1. The van der Waals surface area contributed by atoms with Crippen molar-refractivity contribution in [3.63, 3.8) is 0 Å². The molecule has 2 aliphatic heterocycles. The number of pyridine rings is 1. The van der Waals surface area contributed by atoms with Crippen molar-refractivity contribution in [2.75, 3.05) is 44.2 Å². The lowest BCUT2D eigenvalue weighted by molar-refractivity contribution is -0.137. The summed E-state index contributed by atoms with van der Waals surface area (Å²) in [6.07, 6.45) is 3.20. The molecule has 9 nitrogen and oxygen atoms in total. The van der Waals surface area contributed by atoms with Crippen LogP contribution in [0.5, 0.6) is 0 Å². The number of hydrogen-bond acceptors (Lipinski definition) is 8. The molecule has 2 aliphatic rings. The first-order valence-corrected chi connectivity index (χ1v) is 13.1. The number of hydrogen-bond donors (Lipinski definition) is 1. The fourth-order valence-corrected chi connectivity index (χ4v) is 5.61. The lowest BCUT2D eigenvalue weighted by Crippen LogP contribution is -2.48. The number of carbonyl (C=O) groups is 2. The van der Waals surface area contributed by atoms with E-state index < -0.39 is 5.97 Å². The SMILES string of the molecule is CCCCn1c(N2CCN(CC)CC2)c(/C=C2\SC(=S)N(CCC(=O)O)C2=O)c(C)c(C#N)c1=O. The van der Waals surface area contributed by atoms with E-state index >= 15 is 0 Å². The van der Waals surface area contributed by atoms with E-state index in [9.17, 15) is 19.6 Å². The molecular weight excluding hydrogens is 486 g/mol. The van der Waals surface area contributed by atoms with Crippen LogP contribution in [-0.4, -0.2) is 74.9 Å². The third kappa shape index (κ3) is 5.77. The van der Waals surface area contributed by atoms with Crippen molar-refractivity contribution in [2.45, 2.75) is 46.6 Å². The molecule has 2 fully saturated rings. The van der Waals surface area contributed by atoms with Crippen molar-refractivity contribution in [1.82, 2.24) is 14.4 Å². The monoisotopic (exact) mass is 517 g/mol. The zero-order valence-corrected chi connectivity index (χ0v) is 22.0. The molecule has 1 aromatic rings. The molecule has 1 N–H and O–H groups in total. The normalized spacial score (nSPS) is 17.9. The number of aliphatic carboxylic acids is 1. The van der Waals surface area contributed by atoms with E-state index in [1.54, 1.807) is 17.6 Å². The summed E-state index contributed by atoms with van der Waals surface area (Å²) in [6, 6.07) is 2.07. The van der Waals surface area contributed by atoms with Crippen LogP contribution in [0.2, 0.25) is 0 Å². The zero-order chi connectivity index (χ0) is 25.7. The van der Waals surface area contributed by atoms with E-state index in [0.717, 1.165) is 63.1 Å². The molecule has 0 radical (unpaired) electrons. The Morgan fingerprint density at radius 3 is 2.46 bits per heavy atom. The Kier molecular flexibility index (Phi) is 9.10. The summed E-state index contributed by atoms with van der Waals surface area (Å²) in [5.74, 6) is -0.632. The third-order valence-corrected chi connectivity index (χ3v) is 7.78. The number of thioether (sulfide) groups is 1. The van der Waals surface area contributed by atoms with Gasteiger partial charge in [0.25, 0.3) is 11.5 Å². The summed E-state index contributed by atoms with van der Waals surface area (Å²) in [7, 11) is 0. The maximum absolute atomic E-state index is 13.3. The second kappa shape index (κ2) is 11.8. The number of thiocarbonyl (C=S) groups is 1. The van der Waals surface area contributed by atoms with E-state index in [1.165, 1.54) is 4.90 Å². The standard InChI is InChI=1S/C24H31N5O4S2/c1-4-6-8-28-21(27-12-10-26(5-2)11-13-27)17(16(3)18(15-25)22(28)32)14-19-23(33)29(24(34)35-19)9-7-20(30)31/h14H,4-13H2,1-3H3,(H,30,31)/b19-14-. The molecule has 3 heterocycles. The summed E-state index contributed by atoms with van der Waals surface area (Å²) in [5.41, 5.74) is 0.970. The molecule has 0 aliphatic carbocycles. The number of carbonyl (C=O) groups excluding carboxylic acids is 1. The molecule has 0 atom stereocenters. The van der Waals surface area contributed by atoms with E-state index in [4.69, 9.17) is 17.3 Å². The highest BCUT2D eigenvalue weighted by Gasteiger charge is 2.33. The van der Waals surface area contributed by atoms with Crippen LogP contribution in [0.1, 0.15) is 49.8 Å². The number of unbranched alkanes of at least 4 members (excludes halogenated alkanes) is 1. The predicted octanol–water partition coefficient (Wildman–Crippen LogP) is 2.65. The number of carboxylic acid groups (broad SMARTS) is 1. The zero-order valence-electron chi connectivity index (χ0n) is 20.4. The van der Waals surface area contributed by atoms with E-state index in [1.807, 2.05) is 6.92 Å². The van der Waals surface area contributed by atoms with Crippen LogP contribution in [0.15, 0.2) is 9.70 Å². The van der Waals surface area contributed by atoms with E-state index in [2.05, 4.69) is 22.8 Å². The average Bonchev–Trinajstić information content (AvgIpc) is 3.10. The summed E-state index contributed by atoms with van der Waals surface area (Å²) in [5, 5.41) is 18.8. The van der Waals surface area contributed by atoms with Gasteiger partial charge >= 0.3 is 5.97 Å². The number of nitriles is 1. The van der Waals surface area contributed by atoms with Crippen LogP contribution >= 0.6 is 24.0 Å². The highest BCUT2D eigenvalue weighted by atomic mass is 32.2. The highest BCUT2D eigenvalue weighted by Crippen LogP contribution is 2.36. The number of rotatable bonds is 9. The highest BCUT2D eigenvalue weighted by molar-refractivity contribution is 8.26. The van der Waals surface area contributed by atoms with Crippen LogP contribution in [0.25, 0.3) is 6.08 Å². The van der Waals surface area contributed by atoms with E-state index in [0.29, 0.717) is 26.9 Å². The molecule has 1 amide bonds. The van der Waals surface area contributed by atoms with Crippen molar-refractivity contribution in [3.05, 3.63) is 31.9 Å². The number of piperazine rings is 1. The molecule has 1 aromatic heterocycles. The fourth-order valence-electron chi connectivity index (χ4n) is 4.32. The first-order chi connectivity index (χ1) is 16.7. The van der Waals surface area contributed by atoms with Gasteiger partial charge in [-0.05, 0) is 31.5 Å².